The molecule has 0 unspecified atom stereocenters. The van der Waals surface area contributed by atoms with Crippen LogP contribution in [0.3, 0.4) is 0 Å². The van der Waals surface area contributed by atoms with Gasteiger partial charge in [0.05, 0.1) is 5.52 Å². The van der Waals surface area contributed by atoms with Crippen molar-refractivity contribution >= 4 is 21.7 Å². The molecule has 0 amide bonds. The average molecular weight is 372 g/mol. The maximum Gasteiger partial charge on any atom is 0.162 e. The molecule has 1 aliphatic heterocycles. The molecule has 0 radical (unpaired) electrons. The van der Waals surface area contributed by atoms with Gasteiger partial charge < -0.3 is 20.2 Å². The monoisotopic (exact) mass is 372 g/mol. The molecule has 2 heterocycles. The normalized spacial score (nSPS) is 13.3. The quantitative estimate of drug-likeness (QED) is 0.483. The number of nitrogens with one attached hydrogen (secondary N) is 1. The topological polar surface area (TPSA) is 60.3 Å². The minimum Gasteiger partial charge on any atom is -0.486 e. The Bertz CT molecular complexity index is 1150. The number of ether oxygens (including phenoxy) is 2. The molecular formula is C24H24N2O2. The molecule has 0 spiro atoms. The Morgan fingerprint density at radius 2 is 1.71 bits per heavy atom. The molecule has 142 valence electrons. The second kappa shape index (κ2) is 7.21. The molecule has 3 aromatic carbocycles. The maximum absolute atomic E-state index is 5.81. The number of aromatic nitrogens is 1. The summed E-state index contributed by atoms with van der Waals surface area (Å²) in [5.74, 6) is 1.64. The van der Waals surface area contributed by atoms with E-state index in [4.69, 9.17) is 15.2 Å². The first kappa shape index (κ1) is 17.1. The molecule has 4 nitrogen and oxygen atoms in total. The van der Waals surface area contributed by atoms with E-state index in [9.17, 15) is 0 Å². The predicted octanol–water partition coefficient (Wildman–Crippen LogP) is 5.04. The number of aromatic amines is 1. The number of nitrogens with two attached hydrogens (primary N) is 1. The van der Waals surface area contributed by atoms with Crippen LogP contribution in [-0.2, 0) is 6.42 Å². The first-order valence-electron chi connectivity index (χ1n) is 9.97. The zero-order valence-electron chi connectivity index (χ0n) is 15.8. The molecule has 0 atom stereocenters. The Morgan fingerprint density at radius 3 is 2.61 bits per heavy atom. The summed E-state index contributed by atoms with van der Waals surface area (Å²) in [5.41, 5.74) is 10.6. The van der Waals surface area contributed by atoms with E-state index in [2.05, 4.69) is 53.5 Å². The van der Waals surface area contributed by atoms with Crippen LogP contribution in [0, 0.1) is 0 Å². The van der Waals surface area contributed by atoms with Gasteiger partial charge in [0.15, 0.2) is 11.5 Å². The smallest absolute Gasteiger partial charge is 0.162 e. The third kappa shape index (κ3) is 2.90. The molecule has 1 aromatic heterocycles. The molecule has 28 heavy (non-hydrogen) atoms. The molecule has 4 heteroatoms. The van der Waals surface area contributed by atoms with Crippen molar-refractivity contribution in [2.24, 2.45) is 5.73 Å². The molecular weight excluding hydrogens is 348 g/mol. The first-order valence-corrected chi connectivity index (χ1v) is 9.97. The molecule has 4 aromatic rings. The lowest BCUT2D eigenvalue weighted by Crippen LogP contribution is -2.15. The SMILES string of the molecule is NCCCCc1c(-c2ccc3c(c2)OCCO3)[nH]c2c1ccc1ccccc12. The van der Waals surface area contributed by atoms with Gasteiger partial charge in [-0.25, -0.2) is 0 Å². The van der Waals surface area contributed by atoms with Crippen molar-refractivity contribution in [3.63, 3.8) is 0 Å². The van der Waals surface area contributed by atoms with Crippen molar-refractivity contribution in [1.29, 1.82) is 0 Å². The first-order chi connectivity index (χ1) is 13.8. The number of rotatable bonds is 5. The van der Waals surface area contributed by atoms with E-state index in [-0.39, 0.29) is 0 Å². The molecule has 3 N–H and O–H groups in total. The fourth-order valence-corrected chi connectivity index (χ4v) is 4.14. The number of hydrogen-bond acceptors (Lipinski definition) is 3. The van der Waals surface area contributed by atoms with Gasteiger partial charge in [0.2, 0.25) is 0 Å². The summed E-state index contributed by atoms with van der Waals surface area (Å²) in [6.07, 6.45) is 3.11. The zero-order chi connectivity index (χ0) is 18.9. The van der Waals surface area contributed by atoms with E-state index in [1.54, 1.807) is 0 Å². The van der Waals surface area contributed by atoms with Crippen LogP contribution in [0.1, 0.15) is 18.4 Å². The van der Waals surface area contributed by atoms with Gasteiger partial charge in [-0.05, 0) is 55.0 Å². The summed E-state index contributed by atoms with van der Waals surface area (Å²) < 4.78 is 11.5. The van der Waals surface area contributed by atoms with Crippen molar-refractivity contribution in [3.05, 3.63) is 60.2 Å². The fourth-order valence-electron chi connectivity index (χ4n) is 4.14. The standard InChI is InChI=1S/C24H24N2O2/c25-12-4-3-7-19-20-10-8-16-5-1-2-6-18(16)24(20)26-23(19)17-9-11-21-22(15-17)28-14-13-27-21/h1-2,5-6,8-11,15,26H,3-4,7,12-14,25H2. The van der Waals surface area contributed by atoms with Crippen LogP contribution in [0.25, 0.3) is 32.9 Å². The molecule has 1 aliphatic rings. The van der Waals surface area contributed by atoms with Gasteiger partial charge in [-0.15, -0.1) is 0 Å². The summed E-state index contributed by atoms with van der Waals surface area (Å²) in [6, 6.07) is 19.2. The Balaban J connectivity index is 1.70. The van der Waals surface area contributed by atoms with Crippen LogP contribution in [0.15, 0.2) is 54.6 Å². The van der Waals surface area contributed by atoms with Crippen LogP contribution in [-0.4, -0.2) is 24.7 Å². The number of unbranched alkanes of at least 4 members (excludes halogenated alkanes) is 1. The van der Waals surface area contributed by atoms with E-state index >= 15 is 0 Å². The molecule has 0 saturated heterocycles. The molecule has 5 rings (SSSR count). The minimum absolute atomic E-state index is 0.594. The van der Waals surface area contributed by atoms with Gasteiger partial charge in [-0.2, -0.15) is 0 Å². The molecule has 0 bridgehead atoms. The Morgan fingerprint density at radius 1 is 0.857 bits per heavy atom. The number of hydrogen-bond donors (Lipinski definition) is 2. The van der Waals surface area contributed by atoms with E-state index in [1.165, 1.54) is 32.9 Å². The van der Waals surface area contributed by atoms with Gasteiger partial charge in [0, 0.05) is 22.0 Å². The van der Waals surface area contributed by atoms with E-state index < -0.39 is 0 Å². The van der Waals surface area contributed by atoms with Gasteiger partial charge in [-0.3, -0.25) is 0 Å². The summed E-state index contributed by atoms with van der Waals surface area (Å²) in [7, 11) is 0. The lowest BCUT2D eigenvalue weighted by molar-refractivity contribution is 0.171. The van der Waals surface area contributed by atoms with Crippen LogP contribution >= 0.6 is 0 Å². The second-order valence-electron chi connectivity index (χ2n) is 7.29. The second-order valence-corrected chi connectivity index (χ2v) is 7.29. The number of fused-ring (bicyclic) bond motifs is 4. The summed E-state index contributed by atoms with van der Waals surface area (Å²) >= 11 is 0. The summed E-state index contributed by atoms with van der Waals surface area (Å²) in [4.78, 5) is 3.73. The molecule has 0 fully saturated rings. The Kier molecular flexibility index (Phi) is 4.41. The number of benzene rings is 3. The number of aryl methyl sites for hydroxylation is 1. The van der Waals surface area contributed by atoms with Crippen LogP contribution in [0.5, 0.6) is 11.5 Å². The van der Waals surface area contributed by atoms with Gasteiger partial charge in [0.1, 0.15) is 13.2 Å². The lowest BCUT2D eigenvalue weighted by Gasteiger charge is -2.19. The maximum atomic E-state index is 5.81. The highest BCUT2D eigenvalue weighted by atomic mass is 16.6. The average Bonchev–Trinajstić information content (AvgIpc) is 3.13. The summed E-state index contributed by atoms with van der Waals surface area (Å²) in [6.45, 7) is 1.93. The van der Waals surface area contributed by atoms with E-state index in [1.807, 2.05) is 6.07 Å². The van der Waals surface area contributed by atoms with Crippen molar-refractivity contribution < 1.29 is 9.47 Å². The predicted molar refractivity (Wildman–Crippen MR) is 114 cm³/mol. The lowest BCUT2D eigenvalue weighted by atomic mass is 9.98. The molecule has 0 saturated carbocycles. The highest BCUT2D eigenvalue weighted by Gasteiger charge is 2.18. The van der Waals surface area contributed by atoms with Crippen LogP contribution in [0.2, 0.25) is 0 Å². The minimum atomic E-state index is 0.594. The Labute approximate surface area is 164 Å². The van der Waals surface area contributed by atoms with Gasteiger partial charge in [0.25, 0.3) is 0 Å². The molecule has 0 aliphatic carbocycles. The highest BCUT2D eigenvalue weighted by Crippen LogP contribution is 2.39. The highest BCUT2D eigenvalue weighted by molar-refractivity contribution is 6.08. The van der Waals surface area contributed by atoms with Crippen molar-refractivity contribution in [2.45, 2.75) is 19.3 Å². The van der Waals surface area contributed by atoms with Crippen molar-refractivity contribution in [1.82, 2.24) is 4.98 Å². The summed E-state index contributed by atoms with van der Waals surface area (Å²) in [5, 5.41) is 3.79. The van der Waals surface area contributed by atoms with E-state index in [0.717, 1.165) is 42.9 Å². The fraction of sp³-hybridized carbons (Fsp3) is 0.250. The van der Waals surface area contributed by atoms with Crippen LogP contribution < -0.4 is 15.2 Å². The van der Waals surface area contributed by atoms with Crippen LogP contribution in [0.4, 0.5) is 0 Å². The number of H-pyrrole nitrogens is 1. The van der Waals surface area contributed by atoms with Gasteiger partial charge >= 0.3 is 0 Å². The largest absolute Gasteiger partial charge is 0.486 e. The third-order valence-electron chi connectivity index (χ3n) is 5.52. The van der Waals surface area contributed by atoms with Crippen molar-refractivity contribution in [3.8, 4) is 22.8 Å². The van der Waals surface area contributed by atoms with E-state index in [0.29, 0.717) is 13.2 Å². The third-order valence-corrected chi connectivity index (χ3v) is 5.52. The Hall–Kier alpha value is -2.98. The van der Waals surface area contributed by atoms with Gasteiger partial charge in [-0.1, -0.05) is 36.4 Å². The van der Waals surface area contributed by atoms with Crippen molar-refractivity contribution in [2.75, 3.05) is 19.8 Å². The zero-order valence-corrected chi connectivity index (χ0v) is 15.8.